The molecule has 0 fully saturated rings. The Kier molecular flexibility index (Phi) is 6.27. The number of allylic oxidation sites excluding steroid dienone is 4. The van der Waals surface area contributed by atoms with E-state index in [1.165, 1.54) is 24.8 Å². The highest BCUT2D eigenvalue weighted by molar-refractivity contribution is 6.69. The van der Waals surface area contributed by atoms with Crippen molar-refractivity contribution in [3.05, 3.63) is 23.3 Å². The van der Waals surface area contributed by atoms with Crippen LogP contribution in [-0.4, -0.2) is 13.9 Å². The Morgan fingerprint density at radius 2 is 2.05 bits per heavy atom. The van der Waals surface area contributed by atoms with Gasteiger partial charge in [0.1, 0.15) is 0 Å². The number of rotatable bonds is 6. The molecule has 0 aromatic rings. The van der Waals surface area contributed by atoms with Crippen molar-refractivity contribution < 1.29 is 4.43 Å². The Morgan fingerprint density at radius 3 is 2.50 bits per heavy atom. The molecule has 116 valence electrons. The van der Waals surface area contributed by atoms with E-state index < -0.39 is 8.32 Å². The molecule has 0 aromatic carbocycles. The normalized spacial score (nSPS) is 22.9. The molecule has 2 heteroatoms. The molecular formula is C18H34OSi. The summed E-state index contributed by atoms with van der Waals surface area (Å²) in [5.41, 5.74) is 3.02. The van der Waals surface area contributed by atoms with Crippen LogP contribution in [0.3, 0.4) is 0 Å². The molecule has 2 atom stereocenters. The monoisotopic (exact) mass is 294 g/mol. The van der Waals surface area contributed by atoms with E-state index in [4.69, 9.17) is 4.43 Å². The van der Waals surface area contributed by atoms with Crippen LogP contribution in [0.4, 0.5) is 0 Å². The van der Waals surface area contributed by atoms with E-state index in [0.717, 1.165) is 12.8 Å². The van der Waals surface area contributed by atoms with Gasteiger partial charge in [0.05, 0.1) is 5.60 Å². The first-order valence-electron chi connectivity index (χ1n) is 8.11. The topological polar surface area (TPSA) is 9.23 Å². The highest BCUT2D eigenvalue weighted by Gasteiger charge is 2.38. The zero-order valence-electron chi connectivity index (χ0n) is 14.7. The van der Waals surface area contributed by atoms with Gasteiger partial charge in [-0.2, -0.15) is 0 Å². The first-order valence-corrected chi connectivity index (χ1v) is 11.5. The van der Waals surface area contributed by atoms with Crippen LogP contribution >= 0.6 is 0 Å². The van der Waals surface area contributed by atoms with Gasteiger partial charge in [-0.25, -0.2) is 0 Å². The second-order valence-electron chi connectivity index (χ2n) is 7.87. The average molecular weight is 295 g/mol. The number of hydrogen-bond acceptors (Lipinski definition) is 1. The molecule has 1 aliphatic rings. The highest BCUT2D eigenvalue weighted by atomic mass is 28.4. The van der Waals surface area contributed by atoms with Crippen LogP contribution in [-0.2, 0) is 4.43 Å². The molecule has 1 nitrogen and oxygen atoms in total. The van der Waals surface area contributed by atoms with Gasteiger partial charge in [-0.3, -0.25) is 0 Å². The van der Waals surface area contributed by atoms with Crippen molar-refractivity contribution in [1.82, 2.24) is 0 Å². The first kappa shape index (κ1) is 17.7. The smallest absolute Gasteiger partial charge is 0.184 e. The largest absolute Gasteiger partial charge is 0.412 e. The molecule has 0 saturated heterocycles. The van der Waals surface area contributed by atoms with E-state index in [1.807, 2.05) is 0 Å². The minimum atomic E-state index is -1.51. The van der Waals surface area contributed by atoms with E-state index in [1.54, 1.807) is 5.57 Å². The van der Waals surface area contributed by atoms with E-state index in [2.05, 4.69) is 59.5 Å². The van der Waals surface area contributed by atoms with Gasteiger partial charge in [-0.15, -0.1) is 0 Å². The predicted molar refractivity (Wildman–Crippen MR) is 92.6 cm³/mol. The maximum absolute atomic E-state index is 6.66. The summed E-state index contributed by atoms with van der Waals surface area (Å²) in [6, 6.07) is 0. The van der Waals surface area contributed by atoms with Crippen LogP contribution in [0.25, 0.3) is 0 Å². The lowest BCUT2D eigenvalue weighted by molar-refractivity contribution is 0.00575. The molecule has 0 aliphatic heterocycles. The van der Waals surface area contributed by atoms with Gasteiger partial charge >= 0.3 is 0 Å². The van der Waals surface area contributed by atoms with Crippen molar-refractivity contribution in [3.63, 3.8) is 0 Å². The van der Waals surface area contributed by atoms with Crippen LogP contribution in [0.1, 0.15) is 59.8 Å². The second kappa shape index (κ2) is 7.08. The first-order chi connectivity index (χ1) is 9.12. The van der Waals surface area contributed by atoms with Gasteiger partial charge in [-0.1, -0.05) is 23.3 Å². The van der Waals surface area contributed by atoms with E-state index in [-0.39, 0.29) is 5.60 Å². The summed E-state index contributed by atoms with van der Waals surface area (Å²) in [5, 5.41) is 0. The fourth-order valence-corrected chi connectivity index (χ4v) is 4.87. The van der Waals surface area contributed by atoms with E-state index >= 15 is 0 Å². The van der Waals surface area contributed by atoms with Crippen LogP contribution in [0.5, 0.6) is 0 Å². The molecule has 0 N–H and O–H groups in total. The molecule has 1 rings (SSSR count). The third kappa shape index (κ3) is 5.97. The van der Waals surface area contributed by atoms with Crippen molar-refractivity contribution in [1.29, 1.82) is 0 Å². The molecule has 0 heterocycles. The third-order valence-electron chi connectivity index (χ3n) is 4.23. The Balaban J connectivity index is 2.80. The summed E-state index contributed by atoms with van der Waals surface area (Å²) in [6.45, 7) is 15.9. The van der Waals surface area contributed by atoms with Crippen LogP contribution in [0.15, 0.2) is 23.3 Å². The van der Waals surface area contributed by atoms with E-state index in [0.29, 0.717) is 5.92 Å². The summed E-state index contributed by atoms with van der Waals surface area (Å²) in [5.74, 6) is 0.684. The van der Waals surface area contributed by atoms with Crippen molar-refractivity contribution >= 4 is 8.32 Å². The molecule has 0 amide bonds. The van der Waals surface area contributed by atoms with Crippen LogP contribution in [0, 0.1) is 5.92 Å². The molecular weight excluding hydrogens is 260 g/mol. The summed E-state index contributed by atoms with van der Waals surface area (Å²) in [6.07, 6.45) is 10.8. The zero-order valence-corrected chi connectivity index (χ0v) is 15.7. The highest BCUT2D eigenvalue weighted by Crippen LogP contribution is 2.39. The van der Waals surface area contributed by atoms with E-state index in [9.17, 15) is 0 Å². The molecule has 0 aromatic heterocycles. The van der Waals surface area contributed by atoms with Crippen LogP contribution in [0.2, 0.25) is 19.6 Å². The average Bonchev–Trinajstić information content (AvgIpc) is 2.26. The fourth-order valence-electron chi connectivity index (χ4n) is 3.21. The lowest BCUT2D eigenvalue weighted by atomic mass is 9.76. The molecule has 0 bridgehead atoms. The van der Waals surface area contributed by atoms with Crippen molar-refractivity contribution in [2.24, 2.45) is 5.92 Å². The summed E-state index contributed by atoms with van der Waals surface area (Å²) < 4.78 is 6.66. The maximum Gasteiger partial charge on any atom is 0.184 e. The van der Waals surface area contributed by atoms with Gasteiger partial charge in [0.2, 0.25) is 0 Å². The van der Waals surface area contributed by atoms with Gasteiger partial charge in [0.25, 0.3) is 0 Å². The maximum atomic E-state index is 6.66. The standard InChI is InChI=1S/C18H34OSi/c1-15(2)9-8-14-18(4,19-20(5,6)7)17-12-10-16(3)11-13-17/h9-10,17H,8,11-14H2,1-7H3. The lowest BCUT2D eigenvalue weighted by Gasteiger charge is -2.43. The molecule has 2 unspecified atom stereocenters. The quantitative estimate of drug-likeness (QED) is 0.425. The molecule has 0 radical (unpaired) electrons. The van der Waals surface area contributed by atoms with Crippen molar-refractivity contribution in [2.75, 3.05) is 0 Å². The minimum absolute atomic E-state index is 0.0492. The Bertz CT molecular complexity index is 371. The summed E-state index contributed by atoms with van der Waals surface area (Å²) in [4.78, 5) is 0. The van der Waals surface area contributed by atoms with Crippen molar-refractivity contribution in [3.8, 4) is 0 Å². The molecule has 0 saturated carbocycles. The van der Waals surface area contributed by atoms with Crippen molar-refractivity contribution in [2.45, 2.75) is 85.0 Å². The zero-order chi connectivity index (χ0) is 15.4. The molecule has 1 aliphatic carbocycles. The SMILES string of the molecule is CC(C)=CCCC(C)(O[Si](C)(C)C)C1CC=C(C)CC1. The molecule has 0 spiro atoms. The summed E-state index contributed by atoms with van der Waals surface area (Å²) in [7, 11) is -1.51. The second-order valence-corrected chi connectivity index (χ2v) is 12.3. The summed E-state index contributed by atoms with van der Waals surface area (Å²) >= 11 is 0. The Hall–Kier alpha value is -0.343. The Labute approximate surface area is 127 Å². The van der Waals surface area contributed by atoms with Gasteiger partial charge in [0.15, 0.2) is 8.32 Å². The minimum Gasteiger partial charge on any atom is -0.412 e. The Morgan fingerprint density at radius 1 is 1.40 bits per heavy atom. The van der Waals surface area contributed by atoms with Gasteiger partial charge in [0, 0.05) is 0 Å². The number of hydrogen-bond donors (Lipinski definition) is 0. The van der Waals surface area contributed by atoms with Gasteiger partial charge in [-0.05, 0) is 85.4 Å². The fraction of sp³-hybridized carbons (Fsp3) is 0.778. The lowest BCUT2D eigenvalue weighted by Crippen LogP contribution is -2.46. The molecule has 20 heavy (non-hydrogen) atoms. The predicted octanol–water partition coefficient (Wildman–Crippen LogP) is 6.09. The van der Waals surface area contributed by atoms with Gasteiger partial charge < -0.3 is 4.43 Å². The van der Waals surface area contributed by atoms with Crippen LogP contribution < -0.4 is 0 Å². The third-order valence-corrected chi connectivity index (χ3v) is 5.31.